The third-order valence-electron chi connectivity index (χ3n) is 2.75. The van der Waals surface area contributed by atoms with Crippen molar-refractivity contribution in [2.24, 2.45) is 0 Å². The number of hydrogen-bond acceptors (Lipinski definition) is 0. The molecular formula is C9F10. The Morgan fingerprint density at radius 3 is 1.00 bits per heavy atom. The lowest BCUT2D eigenvalue weighted by Crippen LogP contribution is -2.20. The molecule has 19 heavy (non-hydrogen) atoms. The third kappa shape index (κ3) is 1.22. The number of halogens is 10. The molecule has 1 aliphatic carbocycles. The fourth-order valence-electron chi connectivity index (χ4n) is 1.61. The lowest BCUT2D eigenvalue weighted by molar-refractivity contribution is -0.0278. The maximum Gasteiger partial charge on any atom is 0.357 e. The van der Waals surface area contributed by atoms with Crippen molar-refractivity contribution in [1.82, 2.24) is 0 Å². The van der Waals surface area contributed by atoms with Crippen LogP contribution in [0.5, 0.6) is 0 Å². The average Bonchev–Trinajstić information content (AvgIpc) is 2.62. The number of benzene rings is 1. The van der Waals surface area contributed by atoms with Gasteiger partial charge in [0.05, 0.1) is 5.56 Å². The van der Waals surface area contributed by atoms with E-state index in [1.54, 1.807) is 0 Å². The predicted octanol–water partition coefficient (Wildman–Crippen LogP) is 3.83. The van der Waals surface area contributed by atoms with E-state index >= 15 is 0 Å². The van der Waals surface area contributed by atoms with Gasteiger partial charge in [0.1, 0.15) is 0 Å². The molecule has 0 aromatic heterocycles. The highest BCUT2D eigenvalue weighted by molar-refractivity contribution is 5.44. The second kappa shape index (κ2) is 3.34. The first kappa shape index (κ1) is 13.9. The lowest BCUT2D eigenvalue weighted by atomic mass is 10.1. The molecular weight excluding hydrogens is 298 g/mol. The summed E-state index contributed by atoms with van der Waals surface area (Å²) in [5, 5.41) is 0. The van der Waals surface area contributed by atoms with Crippen LogP contribution in [-0.4, -0.2) is 11.8 Å². The van der Waals surface area contributed by atoms with Crippen LogP contribution in [0.1, 0.15) is 5.56 Å². The molecule has 10 heteroatoms. The van der Waals surface area contributed by atoms with E-state index in [0.29, 0.717) is 0 Å². The molecule has 1 saturated carbocycles. The molecule has 0 unspecified atom stereocenters. The van der Waals surface area contributed by atoms with Gasteiger partial charge in [-0.25, -0.2) is 26.3 Å². The molecule has 0 amide bonds. The molecule has 0 spiro atoms. The summed E-state index contributed by atoms with van der Waals surface area (Å²) < 4.78 is 128. The fourth-order valence-corrected chi connectivity index (χ4v) is 1.61. The van der Waals surface area contributed by atoms with Crippen LogP contribution in [0.4, 0.5) is 43.9 Å². The molecule has 1 aromatic carbocycles. The smallest absolute Gasteiger partial charge is 0.224 e. The Morgan fingerprint density at radius 2 is 0.737 bits per heavy atom. The van der Waals surface area contributed by atoms with E-state index in [0.717, 1.165) is 0 Å². The van der Waals surface area contributed by atoms with Crippen LogP contribution >= 0.6 is 0 Å². The molecule has 0 radical (unpaired) electrons. The van der Waals surface area contributed by atoms with Crippen molar-refractivity contribution >= 4 is 0 Å². The minimum Gasteiger partial charge on any atom is -0.224 e. The van der Waals surface area contributed by atoms with Gasteiger partial charge in [-0.1, -0.05) is 0 Å². The van der Waals surface area contributed by atoms with Crippen LogP contribution in [-0.2, 0) is 5.67 Å². The Balaban J connectivity index is 2.81. The van der Waals surface area contributed by atoms with E-state index in [1.165, 1.54) is 0 Å². The van der Waals surface area contributed by atoms with Crippen molar-refractivity contribution in [3.05, 3.63) is 34.6 Å². The highest BCUT2D eigenvalue weighted by Crippen LogP contribution is 2.74. The van der Waals surface area contributed by atoms with Crippen LogP contribution in [0.3, 0.4) is 0 Å². The van der Waals surface area contributed by atoms with Crippen LogP contribution in [0, 0.1) is 29.1 Å². The topological polar surface area (TPSA) is 0 Å². The van der Waals surface area contributed by atoms with Gasteiger partial charge in [-0.2, -0.15) is 17.6 Å². The van der Waals surface area contributed by atoms with Crippen molar-refractivity contribution in [1.29, 1.82) is 0 Å². The van der Waals surface area contributed by atoms with E-state index in [4.69, 9.17) is 0 Å². The van der Waals surface area contributed by atoms with E-state index in [-0.39, 0.29) is 0 Å². The molecule has 0 bridgehead atoms. The van der Waals surface area contributed by atoms with Gasteiger partial charge in [-0.3, -0.25) is 0 Å². The summed E-state index contributed by atoms with van der Waals surface area (Å²) in [6, 6.07) is 0. The number of rotatable bonds is 1. The van der Waals surface area contributed by atoms with Gasteiger partial charge in [-0.05, 0) is 0 Å². The Labute approximate surface area is 97.2 Å². The van der Waals surface area contributed by atoms with Crippen molar-refractivity contribution in [3.8, 4) is 0 Å². The molecule has 0 nitrogen and oxygen atoms in total. The molecule has 106 valence electrons. The lowest BCUT2D eigenvalue weighted by Gasteiger charge is -2.10. The Bertz CT molecular complexity index is 532. The fraction of sp³-hybridized carbons (Fsp3) is 0.333. The van der Waals surface area contributed by atoms with Crippen LogP contribution in [0.15, 0.2) is 0 Å². The molecule has 0 saturated heterocycles. The third-order valence-corrected chi connectivity index (χ3v) is 2.75. The maximum absolute atomic E-state index is 13.4. The predicted molar refractivity (Wildman–Crippen MR) is 38.9 cm³/mol. The van der Waals surface area contributed by atoms with Crippen molar-refractivity contribution in [3.63, 3.8) is 0 Å². The summed E-state index contributed by atoms with van der Waals surface area (Å²) in [6.07, 6.45) is 0. The zero-order valence-corrected chi connectivity index (χ0v) is 8.28. The van der Waals surface area contributed by atoms with Gasteiger partial charge in [-0.15, -0.1) is 0 Å². The summed E-state index contributed by atoms with van der Waals surface area (Å²) in [7, 11) is 0. The highest BCUT2D eigenvalue weighted by atomic mass is 19.3. The second-order valence-electron chi connectivity index (χ2n) is 3.75. The number of alkyl halides is 5. The summed E-state index contributed by atoms with van der Waals surface area (Å²) in [5.41, 5.74) is -8.15. The Hall–Kier alpha value is -1.48. The first-order valence-electron chi connectivity index (χ1n) is 4.39. The molecule has 0 heterocycles. The SMILES string of the molecule is Fc1c(F)c(F)c(C2(F)C(F)(F)C2(F)F)c(F)c1F. The highest BCUT2D eigenvalue weighted by Gasteiger charge is 3.00. The van der Waals surface area contributed by atoms with E-state index in [1.807, 2.05) is 0 Å². The molecule has 0 aliphatic heterocycles. The van der Waals surface area contributed by atoms with Crippen LogP contribution in [0.25, 0.3) is 0 Å². The maximum atomic E-state index is 13.4. The van der Waals surface area contributed by atoms with Crippen LogP contribution < -0.4 is 0 Å². The summed E-state index contributed by atoms with van der Waals surface area (Å²) in [6.45, 7) is 0. The molecule has 0 atom stereocenters. The van der Waals surface area contributed by atoms with Gasteiger partial charge in [0.25, 0.3) is 5.67 Å². The van der Waals surface area contributed by atoms with Gasteiger partial charge >= 0.3 is 11.8 Å². The minimum atomic E-state index is -5.57. The Morgan fingerprint density at radius 1 is 0.474 bits per heavy atom. The normalized spacial score (nSPS) is 22.4. The van der Waals surface area contributed by atoms with Crippen molar-refractivity contribution in [2.45, 2.75) is 17.5 Å². The first-order valence-corrected chi connectivity index (χ1v) is 4.39. The Kier molecular flexibility index (Phi) is 2.45. The minimum absolute atomic E-state index is 2.77. The molecule has 2 rings (SSSR count). The molecule has 0 N–H and O–H groups in total. The van der Waals surface area contributed by atoms with Gasteiger partial charge in [0.15, 0.2) is 23.3 Å². The number of hydrogen-bond donors (Lipinski definition) is 0. The summed E-state index contributed by atoms with van der Waals surface area (Å²) in [5.74, 6) is -25.6. The zero-order chi connectivity index (χ0) is 15.0. The molecule has 1 aromatic rings. The summed E-state index contributed by atoms with van der Waals surface area (Å²) in [4.78, 5) is 0. The van der Waals surface area contributed by atoms with E-state index in [2.05, 4.69) is 0 Å². The first-order chi connectivity index (χ1) is 8.43. The standard InChI is InChI=1S/C9F10/c10-2-1(3(11)5(13)6(14)4(2)12)7(15)8(16,17)9(7,18)19. The van der Waals surface area contributed by atoms with Crippen LogP contribution in [0.2, 0.25) is 0 Å². The molecule has 1 fully saturated rings. The zero-order valence-electron chi connectivity index (χ0n) is 8.28. The largest absolute Gasteiger partial charge is 0.357 e. The van der Waals surface area contributed by atoms with Gasteiger partial charge in [0, 0.05) is 0 Å². The average molecular weight is 298 g/mol. The van der Waals surface area contributed by atoms with Crippen molar-refractivity contribution in [2.75, 3.05) is 0 Å². The monoisotopic (exact) mass is 298 g/mol. The quantitative estimate of drug-likeness (QED) is 0.420. The van der Waals surface area contributed by atoms with E-state index < -0.39 is 52.2 Å². The van der Waals surface area contributed by atoms with Gasteiger partial charge < -0.3 is 0 Å². The van der Waals surface area contributed by atoms with E-state index in [9.17, 15) is 43.9 Å². The van der Waals surface area contributed by atoms with Gasteiger partial charge in [0.2, 0.25) is 5.82 Å². The second-order valence-corrected chi connectivity index (χ2v) is 3.75. The molecule has 1 aliphatic rings. The summed E-state index contributed by atoms with van der Waals surface area (Å²) >= 11 is 0. The van der Waals surface area contributed by atoms with Crippen molar-refractivity contribution < 1.29 is 43.9 Å².